The zero-order valence-corrected chi connectivity index (χ0v) is 10.1. The lowest BCUT2D eigenvalue weighted by Gasteiger charge is -2.06. The number of benzene rings is 1. The highest BCUT2D eigenvalue weighted by molar-refractivity contribution is 6.04. The summed E-state index contributed by atoms with van der Waals surface area (Å²) in [5.41, 5.74) is 5.09. The molecule has 1 aromatic heterocycles. The van der Waals surface area contributed by atoms with Crippen LogP contribution in [0.15, 0.2) is 18.2 Å². The summed E-state index contributed by atoms with van der Waals surface area (Å²) in [6, 6.07) is 3.58. The number of nitrogens with two attached hydrogens (primary N) is 1. The lowest BCUT2D eigenvalue weighted by Crippen LogP contribution is -2.17. The van der Waals surface area contributed by atoms with Gasteiger partial charge in [-0.15, -0.1) is 0 Å². The molecule has 0 bridgehead atoms. The Morgan fingerprint density at radius 2 is 2.21 bits per heavy atom. The van der Waals surface area contributed by atoms with Crippen LogP contribution in [0.1, 0.15) is 23.0 Å². The second kappa shape index (κ2) is 5.05. The van der Waals surface area contributed by atoms with Crippen LogP contribution < -0.4 is 11.1 Å². The third-order valence-electron chi connectivity index (χ3n) is 2.60. The summed E-state index contributed by atoms with van der Waals surface area (Å²) < 4.78 is 27.1. The van der Waals surface area contributed by atoms with Crippen LogP contribution in [0.2, 0.25) is 0 Å². The second-order valence-corrected chi connectivity index (χ2v) is 3.91. The molecule has 0 spiro atoms. The number of H-pyrrole nitrogens is 1. The molecule has 0 saturated heterocycles. The van der Waals surface area contributed by atoms with E-state index < -0.39 is 23.1 Å². The first kappa shape index (κ1) is 13.0. The Morgan fingerprint density at radius 3 is 2.84 bits per heavy atom. The van der Waals surface area contributed by atoms with Crippen molar-refractivity contribution in [1.29, 1.82) is 0 Å². The highest BCUT2D eigenvalue weighted by Crippen LogP contribution is 2.19. The van der Waals surface area contributed by atoms with E-state index in [1.807, 2.05) is 6.92 Å². The Bertz CT molecular complexity index is 624. The second-order valence-electron chi connectivity index (χ2n) is 3.91. The molecule has 1 amide bonds. The van der Waals surface area contributed by atoms with Gasteiger partial charge in [0.25, 0.3) is 5.91 Å². The smallest absolute Gasteiger partial charge is 0.262 e. The van der Waals surface area contributed by atoms with Crippen molar-refractivity contribution in [3.63, 3.8) is 0 Å². The minimum Gasteiger partial charge on any atom is -0.396 e. The normalized spacial score (nSPS) is 10.5. The summed E-state index contributed by atoms with van der Waals surface area (Å²) in [6.45, 7) is 1.90. The zero-order chi connectivity index (χ0) is 14.0. The maximum Gasteiger partial charge on any atom is 0.262 e. The molecule has 1 heterocycles. The molecule has 7 heteroatoms. The largest absolute Gasteiger partial charge is 0.396 e. The summed E-state index contributed by atoms with van der Waals surface area (Å²) in [6.07, 6.45) is 0.698. The van der Waals surface area contributed by atoms with Crippen molar-refractivity contribution < 1.29 is 13.6 Å². The van der Waals surface area contributed by atoms with Crippen LogP contribution in [0, 0.1) is 11.6 Å². The van der Waals surface area contributed by atoms with Crippen molar-refractivity contribution in [3.05, 3.63) is 41.1 Å². The van der Waals surface area contributed by atoms with E-state index in [-0.39, 0.29) is 11.5 Å². The Balaban J connectivity index is 2.27. The number of carbonyl (C=O) groups excluding carboxylic acids is 1. The number of carbonyl (C=O) groups is 1. The van der Waals surface area contributed by atoms with Gasteiger partial charge in [-0.3, -0.25) is 9.89 Å². The molecular formula is C12H12F2N4O. The molecule has 2 aromatic rings. The molecule has 0 aliphatic heterocycles. The summed E-state index contributed by atoms with van der Waals surface area (Å²) in [4.78, 5) is 11.8. The molecule has 19 heavy (non-hydrogen) atoms. The lowest BCUT2D eigenvalue weighted by molar-refractivity contribution is 0.101. The van der Waals surface area contributed by atoms with Gasteiger partial charge in [0.1, 0.15) is 11.4 Å². The third-order valence-corrected chi connectivity index (χ3v) is 2.60. The number of hydrogen-bond acceptors (Lipinski definition) is 3. The number of rotatable bonds is 3. The molecule has 2 rings (SSSR count). The van der Waals surface area contributed by atoms with E-state index in [4.69, 9.17) is 5.73 Å². The van der Waals surface area contributed by atoms with Gasteiger partial charge >= 0.3 is 0 Å². The number of halogens is 2. The number of aryl methyl sites for hydroxylation is 1. The van der Waals surface area contributed by atoms with Gasteiger partial charge in [0.2, 0.25) is 0 Å². The predicted molar refractivity (Wildman–Crippen MR) is 66.7 cm³/mol. The highest BCUT2D eigenvalue weighted by atomic mass is 19.1. The number of aromatic amines is 1. The van der Waals surface area contributed by atoms with Gasteiger partial charge in [0.15, 0.2) is 11.6 Å². The van der Waals surface area contributed by atoms with Gasteiger partial charge in [-0.2, -0.15) is 5.10 Å². The minimum atomic E-state index is -1.08. The fourth-order valence-electron chi connectivity index (χ4n) is 1.56. The third kappa shape index (κ3) is 2.54. The Labute approximate surface area is 107 Å². The van der Waals surface area contributed by atoms with Gasteiger partial charge in [-0.1, -0.05) is 6.92 Å². The number of amides is 1. The first-order valence-corrected chi connectivity index (χ1v) is 5.62. The highest BCUT2D eigenvalue weighted by Gasteiger charge is 2.20. The maximum absolute atomic E-state index is 13.6. The van der Waals surface area contributed by atoms with E-state index >= 15 is 0 Å². The Hall–Kier alpha value is -2.44. The monoisotopic (exact) mass is 266 g/mol. The summed E-state index contributed by atoms with van der Waals surface area (Å²) in [5, 5.41) is 8.78. The van der Waals surface area contributed by atoms with Crippen LogP contribution in [-0.2, 0) is 6.42 Å². The molecular weight excluding hydrogens is 254 g/mol. The number of aromatic nitrogens is 2. The lowest BCUT2D eigenvalue weighted by atomic mass is 10.1. The minimum absolute atomic E-state index is 0.197. The van der Waals surface area contributed by atoms with E-state index in [0.29, 0.717) is 6.42 Å². The van der Waals surface area contributed by atoms with Gasteiger partial charge in [-0.05, 0) is 18.6 Å². The average molecular weight is 266 g/mol. The van der Waals surface area contributed by atoms with Crippen LogP contribution in [-0.4, -0.2) is 16.1 Å². The fourth-order valence-corrected chi connectivity index (χ4v) is 1.56. The zero-order valence-electron chi connectivity index (χ0n) is 10.1. The number of hydrogen-bond donors (Lipinski definition) is 3. The van der Waals surface area contributed by atoms with Crippen LogP contribution in [0.4, 0.5) is 20.3 Å². The Morgan fingerprint density at radius 1 is 1.47 bits per heavy atom. The van der Waals surface area contributed by atoms with E-state index in [9.17, 15) is 13.6 Å². The number of nitrogen functional groups attached to an aromatic ring is 1. The topological polar surface area (TPSA) is 83.8 Å². The number of nitrogens with zero attached hydrogens (tertiary/aromatic N) is 1. The SMILES string of the molecule is CCc1cc(NC(=O)c2c(F)ccc(N)c2F)n[nH]1. The first-order chi connectivity index (χ1) is 9.02. The molecule has 4 N–H and O–H groups in total. The van der Waals surface area contributed by atoms with Crippen LogP contribution in [0.3, 0.4) is 0 Å². The van der Waals surface area contributed by atoms with Gasteiger partial charge < -0.3 is 11.1 Å². The fraction of sp³-hybridized carbons (Fsp3) is 0.167. The summed E-state index contributed by atoms with van der Waals surface area (Å²) in [7, 11) is 0. The maximum atomic E-state index is 13.6. The van der Waals surface area contributed by atoms with Crippen molar-refractivity contribution in [2.75, 3.05) is 11.1 Å². The molecule has 0 radical (unpaired) electrons. The van der Waals surface area contributed by atoms with Gasteiger partial charge in [0, 0.05) is 11.8 Å². The molecule has 0 saturated carbocycles. The van der Waals surface area contributed by atoms with E-state index in [2.05, 4.69) is 15.5 Å². The number of anilines is 2. The van der Waals surface area contributed by atoms with Gasteiger partial charge in [0.05, 0.1) is 5.69 Å². The van der Waals surface area contributed by atoms with Crippen molar-refractivity contribution in [2.45, 2.75) is 13.3 Å². The van der Waals surface area contributed by atoms with Crippen LogP contribution in [0.25, 0.3) is 0 Å². The van der Waals surface area contributed by atoms with Gasteiger partial charge in [-0.25, -0.2) is 8.78 Å². The molecule has 100 valence electrons. The van der Waals surface area contributed by atoms with Crippen molar-refractivity contribution in [1.82, 2.24) is 10.2 Å². The van der Waals surface area contributed by atoms with Crippen LogP contribution >= 0.6 is 0 Å². The van der Waals surface area contributed by atoms with Crippen molar-refractivity contribution >= 4 is 17.4 Å². The van der Waals surface area contributed by atoms with Crippen molar-refractivity contribution in [2.24, 2.45) is 0 Å². The summed E-state index contributed by atoms with van der Waals surface area (Å²) >= 11 is 0. The molecule has 0 aliphatic rings. The standard InChI is InChI=1S/C12H12F2N4O/c1-2-6-5-9(18-17-6)16-12(19)10-7(13)3-4-8(15)11(10)14/h3-5H,2,15H2,1H3,(H2,16,17,18,19). The molecule has 5 nitrogen and oxygen atoms in total. The quantitative estimate of drug-likeness (QED) is 0.744. The Kier molecular flexibility index (Phi) is 3.46. The van der Waals surface area contributed by atoms with E-state index in [0.717, 1.165) is 17.8 Å². The van der Waals surface area contributed by atoms with Crippen LogP contribution in [0.5, 0.6) is 0 Å². The van der Waals surface area contributed by atoms with E-state index in [1.54, 1.807) is 6.07 Å². The molecule has 0 fully saturated rings. The number of nitrogens with one attached hydrogen (secondary N) is 2. The first-order valence-electron chi connectivity index (χ1n) is 5.62. The predicted octanol–water partition coefficient (Wildman–Crippen LogP) is 2.08. The van der Waals surface area contributed by atoms with Crippen molar-refractivity contribution in [3.8, 4) is 0 Å². The molecule has 0 atom stereocenters. The molecule has 0 unspecified atom stereocenters. The van der Waals surface area contributed by atoms with E-state index in [1.165, 1.54) is 0 Å². The molecule has 1 aromatic carbocycles. The summed E-state index contributed by atoms with van der Waals surface area (Å²) in [5.74, 6) is -2.79. The average Bonchev–Trinajstić information content (AvgIpc) is 2.82. The molecule has 0 aliphatic carbocycles.